The second-order valence-corrected chi connectivity index (χ2v) is 5.77. The maximum atomic E-state index is 12.7. The highest BCUT2D eigenvalue weighted by Gasteiger charge is 2.31. The quantitative estimate of drug-likeness (QED) is 0.901. The van der Waals surface area contributed by atoms with Gasteiger partial charge in [-0.1, -0.05) is 25.1 Å². The van der Waals surface area contributed by atoms with Gasteiger partial charge in [-0.15, -0.1) is 0 Å². The maximum absolute atomic E-state index is 12.7. The number of benzene rings is 1. The standard InChI is InChI=1S/C16H21F3N2O2/c1-2-14(15(22)23)21-8-6-20(7-9-21)11-12-4-3-5-13(10-12)16(17,18)19/h3-5,10,14H,2,6-9,11H2,1H3,(H,22,23)/t14-/m0/s1. The van der Waals surface area contributed by atoms with E-state index in [1.165, 1.54) is 12.1 Å². The molecule has 1 aromatic rings. The van der Waals surface area contributed by atoms with Crippen molar-refractivity contribution in [3.8, 4) is 0 Å². The third kappa shape index (κ3) is 4.68. The number of hydrogen-bond acceptors (Lipinski definition) is 3. The van der Waals surface area contributed by atoms with Crippen molar-refractivity contribution in [3.63, 3.8) is 0 Å². The molecule has 1 saturated heterocycles. The normalized spacial score (nSPS) is 18.8. The Hall–Kier alpha value is -1.60. The molecule has 23 heavy (non-hydrogen) atoms. The van der Waals surface area contributed by atoms with E-state index in [1.54, 1.807) is 6.07 Å². The largest absolute Gasteiger partial charge is 0.480 e. The second kappa shape index (κ2) is 7.31. The Bertz CT molecular complexity index is 540. The van der Waals surface area contributed by atoms with Crippen molar-refractivity contribution in [2.45, 2.75) is 32.1 Å². The summed E-state index contributed by atoms with van der Waals surface area (Å²) in [5.74, 6) is -0.821. The molecule has 1 atom stereocenters. The molecule has 2 rings (SSSR count). The van der Waals surface area contributed by atoms with E-state index in [4.69, 9.17) is 0 Å². The molecule has 1 aliphatic rings. The van der Waals surface area contributed by atoms with Gasteiger partial charge in [-0.3, -0.25) is 14.6 Å². The number of alkyl halides is 3. The number of piperazine rings is 1. The molecule has 1 aromatic carbocycles. The van der Waals surface area contributed by atoms with Gasteiger partial charge in [-0.05, 0) is 18.1 Å². The molecule has 0 amide bonds. The van der Waals surface area contributed by atoms with Gasteiger partial charge in [-0.25, -0.2) is 0 Å². The number of rotatable bonds is 5. The summed E-state index contributed by atoms with van der Waals surface area (Å²) in [6.45, 7) is 4.82. The number of hydrogen-bond donors (Lipinski definition) is 1. The van der Waals surface area contributed by atoms with Crippen LogP contribution in [0, 0.1) is 0 Å². The van der Waals surface area contributed by atoms with Crippen LogP contribution in [-0.4, -0.2) is 53.1 Å². The van der Waals surface area contributed by atoms with E-state index in [-0.39, 0.29) is 0 Å². The Balaban J connectivity index is 1.93. The van der Waals surface area contributed by atoms with Crippen LogP contribution >= 0.6 is 0 Å². The first-order valence-electron chi connectivity index (χ1n) is 7.66. The zero-order valence-electron chi connectivity index (χ0n) is 13.0. The third-order valence-electron chi connectivity index (χ3n) is 4.18. The van der Waals surface area contributed by atoms with Crippen molar-refractivity contribution >= 4 is 5.97 Å². The molecule has 0 aliphatic carbocycles. The van der Waals surface area contributed by atoms with Crippen LogP contribution < -0.4 is 0 Å². The average Bonchev–Trinajstić information content (AvgIpc) is 2.49. The molecule has 0 unspecified atom stereocenters. The lowest BCUT2D eigenvalue weighted by atomic mass is 10.1. The first kappa shape index (κ1) is 17.7. The Morgan fingerprint density at radius 2 is 1.91 bits per heavy atom. The van der Waals surface area contributed by atoms with Crippen LogP contribution in [0.15, 0.2) is 24.3 Å². The summed E-state index contributed by atoms with van der Waals surface area (Å²) >= 11 is 0. The lowest BCUT2D eigenvalue weighted by molar-refractivity contribution is -0.144. The first-order valence-corrected chi connectivity index (χ1v) is 7.66. The van der Waals surface area contributed by atoms with E-state index in [1.807, 2.05) is 11.8 Å². The zero-order chi connectivity index (χ0) is 17.0. The third-order valence-corrected chi connectivity index (χ3v) is 4.18. The average molecular weight is 330 g/mol. The first-order chi connectivity index (χ1) is 10.8. The molecule has 0 radical (unpaired) electrons. The van der Waals surface area contributed by atoms with E-state index >= 15 is 0 Å². The molecule has 7 heteroatoms. The zero-order valence-corrected chi connectivity index (χ0v) is 13.0. The highest BCUT2D eigenvalue weighted by Crippen LogP contribution is 2.29. The topological polar surface area (TPSA) is 43.8 Å². The molecule has 1 N–H and O–H groups in total. The lowest BCUT2D eigenvalue weighted by Gasteiger charge is -2.37. The Morgan fingerprint density at radius 3 is 2.43 bits per heavy atom. The summed E-state index contributed by atoms with van der Waals surface area (Å²) in [5, 5.41) is 9.17. The Labute approximate surface area is 133 Å². The summed E-state index contributed by atoms with van der Waals surface area (Å²) in [4.78, 5) is 15.1. The molecule has 128 valence electrons. The van der Waals surface area contributed by atoms with E-state index in [0.717, 1.165) is 6.07 Å². The van der Waals surface area contributed by atoms with Crippen LogP contribution in [0.3, 0.4) is 0 Å². The maximum Gasteiger partial charge on any atom is 0.416 e. The van der Waals surface area contributed by atoms with Gasteiger partial charge in [0.2, 0.25) is 0 Å². The summed E-state index contributed by atoms with van der Waals surface area (Å²) in [6, 6.07) is 4.88. The van der Waals surface area contributed by atoms with E-state index in [2.05, 4.69) is 4.90 Å². The molecule has 0 bridgehead atoms. The van der Waals surface area contributed by atoms with Crippen LogP contribution in [0.2, 0.25) is 0 Å². The summed E-state index contributed by atoms with van der Waals surface area (Å²) in [5.41, 5.74) is -0.0101. The minimum atomic E-state index is -4.33. The van der Waals surface area contributed by atoms with Crippen LogP contribution in [0.25, 0.3) is 0 Å². The summed E-state index contributed by atoms with van der Waals surface area (Å²) in [7, 11) is 0. The minimum absolute atomic E-state index is 0.446. The van der Waals surface area contributed by atoms with E-state index in [0.29, 0.717) is 44.7 Å². The molecule has 1 aliphatic heterocycles. The molecular weight excluding hydrogens is 309 g/mol. The SMILES string of the molecule is CC[C@@H](C(=O)O)N1CCN(Cc2cccc(C(F)(F)F)c2)CC1. The number of carbonyl (C=O) groups is 1. The van der Waals surface area contributed by atoms with Crippen LogP contribution in [0.4, 0.5) is 13.2 Å². The van der Waals surface area contributed by atoms with Gasteiger partial charge < -0.3 is 5.11 Å². The van der Waals surface area contributed by atoms with Gasteiger partial charge >= 0.3 is 12.1 Å². The van der Waals surface area contributed by atoms with Gasteiger partial charge in [0.05, 0.1) is 5.56 Å². The molecular formula is C16H21F3N2O2. The summed E-state index contributed by atoms with van der Waals surface area (Å²) in [6.07, 6.45) is -3.78. The van der Waals surface area contributed by atoms with Crippen molar-refractivity contribution in [1.29, 1.82) is 0 Å². The Morgan fingerprint density at radius 1 is 1.26 bits per heavy atom. The number of carboxylic acids is 1. The van der Waals surface area contributed by atoms with Gasteiger partial charge in [-0.2, -0.15) is 13.2 Å². The Kier molecular flexibility index (Phi) is 5.64. The molecule has 0 spiro atoms. The molecule has 4 nitrogen and oxygen atoms in total. The van der Waals surface area contributed by atoms with Crippen molar-refractivity contribution in [3.05, 3.63) is 35.4 Å². The van der Waals surface area contributed by atoms with Crippen molar-refractivity contribution < 1.29 is 23.1 Å². The number of nitrogens with zero attached hydrogens (tertiary/aromatic N) is 2. The van der Waals surface area contributed by atoms with E-state index in [9.17, 15) is 23.1 Å². The second-order valence-electron chi connectivity index (χ2n) is 5.77. The van der Waals surface area contributed by atoms with Crippen LogP contribution in [0.5, 0.6) is 0 Å². The van der Waals surface area contributed by atoms with Crippen LogP contribution in [-0.2, 0) is 17.5 Å². The van der Waals surface area contributed by atoms with Gasteiger partial charge in [0.1, 0.15) is 6.04 Å². The molecule has 1 fully saturated rings. The van der Waals surface area contributed by atoms with Crippen molar-refractivity contribution in [1.82, 2.24) is 9.80 Å². The summed E-state index contributed by atoms with van der Waals surface area (Å²) < 4.78 is 38.2. The fourth-order valence-electron chi connectivity index (χ4n) is 2.93. The molecule has 0 saturated carbocycles. The predicted octanol–water partition coefficient (Wildman–Crippen LogP) is 2.69. The van der Waals surface area contributed by atoms with Gasteiger partial charge in [0, 0.05) is 32.7 Å². The van der Waals surface area contributed by atoms with E-state index < -0.39 is 23.8 Å². The van der Waals surface area contributed by atoms with Crippen molar-refractivity contribution in [2.75, 3.05) is 26.2 Å². The van der Waals surface area contributed by atoms with Crippen molar-refractivity contribution in [2.24, 2.45) is 0 Å². The lowest BCUT2D eigenvalue weighted by Crippen LogP contribution is -2.52. The highest BCUT2D eigenvalue weighted by molar-refractivity contribution is 5.73. The number of halogens is 3. The van der Waals surface area contributed by atoms with Crippen LogP contribution in [0.1, 0.15) is 24.5 Å². The molecule has 1 heterocycles. The predicted molar refractivity (Wildman–Crippen MR) is 80.0 cm³/mol. The smallest absolute Gasteiger partial charge is 0.416 e. The minimum Gasteiger partial charge on any atom is -0.480 e. The van der Waals surface area contributed by atoms with Gasteiger partial charge in [0.25, 0.3) is 0 Å². The fraction of sp³-hybridized carbons (Fsp3) is 0.562. The van der Waals surface area contributed by atoms with Gasteiger partial charge in [0.15, 0.2) is 0 Å². The monoisotopic (exact) mass is 330 g/mol. The molecule has 0 aromatic heterocycles. The fourth-order valence-corrected chi connectivity index (χ4v) is 2.93. The number of aliphatic carboxylic acids is 1. The highest BCUT2D eigenvalue weighted by atomic mass is 19.4. The number of carboxylic acid groups (broad SMARTS) is 1.